The molecule has 1 aliphatic heterocycles. The maximum atomic E-state index is 12.7. The third-order valence-corrected chi connectivity index (χ3v) is 6.03. The monoisotopic (exact) mass is 388 g/mol. The third-order valence-electron chi connectivity index (χ3n) is 4.50. The van der Waals surface area contributed by atoms with E-state index in [1.54, 1.807) is 27.8 Å². The highest BCUT2D eigenvalue weighted by Crippen LogP contribution is 2.32. The Labute approximate surface area is 159 Å². The summed E-state index contributed by atoms with van der Waals surface area (Å²) in [5.74, 6) is -0.130. The van der Waals surface area contributed by atoms with Crippen molar-refractivity contribution in [3.63, 3.8) is 0 Å². The van der Waals surface area contributed by atoms with Crippen LogP contribution < -0.4 is 10.2 Å². The van der Waals surface area contributed by atoms with Crippen LogP contribution in [-0.4, -0.2) is 28.1 Å². The van der Waals surface area contributed by atoms with Crippen LogP contribution in [0.2, 0.25) is 5.02 Å². The largest absolute Gasteiger partial charge is 0.320 e. The van der Waals surface area contributed by atoms with Crippen LogP contribution in [0.1, 0.15) is 28.2 Å². The van der Waals surface area contributed by atoms with E-state index in [4.69, 9.17) is 11.6 Å². The van der Waals surface area contributed by atoms with Gasteiger partial charge in [0.25, 0.3) is 5.91 Å². The van der Waals surface area contributed by atoms with Gasteiger partial charge >= 0.3 is 0 Å². The lowest BCUT2D eigenvalue weighted by atomic mass is 10.2. The van der Waals surface area contributed by atoms with Crippen LogP contribution in [0, 0.1) is 6.92 Å². The molecule has 2 amide bonds. The number of carbonyl (C=O) groups excluding carboxylic acids is 2. The van der Waals surface area contributed by atoms with Gasteiger partial charge in [0, 0.05) is 31.1 Å². The first-order chi connectivity index (χ1) is 12.4. The molecule has 0 spiro atoms. The molecule has 0 saturated carbocycles. The number of nitrogens with zero attached hydrogens (tertiary/aromatic N) is 3. The first-order valence-corrected chi connectivity index (χ1v) is 9.48. The molecular weight excluding hydrogens is 372 g/mol. The average molecular weight is 389 g/mol. The van der Waals surface area contributed by atoms with Crippen LogP contribution in [0.3, 0.4) is 0 Å². The number of benzene rings is 1. The molecule has 134 valence electrons. The van der Waals surface area contributed by atoms with Crippen molar-refractivity contribution in [1.29, 1.82) is 0 Å². The summed E-state index contributed by atoms with van der Waals surface area (Å²) in [4.78, 5) is 27.9. The molecule has 1 saturated heterocycles. The van der Waals surface area contributed by atoms with E-state index in [2.05, 4.69) is 10.4 Å². The number of nitrogens with one attached hydrogen (secondary N) is 1. The molecule has 8 heteroatoms. The Morgan fingerprint density at radius 2 is 2.15 bits per heavy atom. The van der Waals surface area contributed by atoms with Gasteiger partial charge in [-0.15, -0.1) is 11.3 Å². The van der Waals surface area contributed by atoms with Gasteiger partial charge in [0.2, 0.25) is 5.91 Å². The minimum atomic E-state index is -0.225. The number of halogens is 1. The van der Waals surface area contributed by atoms with Gasteiger partial charge in [0.05, 0.1) is 21.3 Å². The number of aryl methyl sites for hydroxylation is 2. The van der Waals surface area contributed by atoms with Gasteiger partial charge in [-0.25, -0.2) is 0 Å². The van der Waals surface area contributed by atoms with Gasteiger partial charge in [0.1, 0.15) is 4.83 Å². The standard InChI is InChI=1S/C18H17ClN4O2S/c1-10-12-9-15(26-18(12)22(2)21-10)17(25)20-14-8-11(5-6-13(14)19)23-7-3-4-16(23)24/h5-6,8-9H,3-4,7H2,1-2H3,(H,20,25). The Hall–Kier alpha value is -2.38. The van der Waals surface area contributed by atoms with E-state index in [1.807, 2.05) is 20.0 Å². The Morgan fingerprint density at radius 1 is 1.35 bits per heavy atom. The van der Waals surface area contributed by atoms with Crippen LogP contribution in [0.15, 0.2) is 24.3 Å². The molecule has 0 aliphatic carbocycles. The smallest absolute Gasteiger partial charge is 0.265 e. The van der Waals surface area contributed by atoms with E-state index < -0.39 is 0 Å². The molecule has 2 aromatic heterocycles. The summed E-state index contributed by atoms with van der Waals surface area (Å²) in [5.41, 5.74) is 2.15. The van der Waals surface area contributed by atoms with E-state index >= 15 is 0 Å². The number of thiophene rings is 1. The molecule has 0 unspecified atom stereocenters. The van der Waals surface area contributed by atoms with Crippen LogP contribution >= 0.6 is 22.9 Å². The topological polar surface area (TPSA) is 67.2 Å². The lowest BCUT2D eigenvalue weighted by molar-refractivity contribution is -0.117. The summed E-state index contributed by atoms with van der Waals surface area (Å²) >= 11 is 7.64. The van der Waals surface area contributed by atoms with Crippen LogP contribution in [-0.2, 0) is 11.8 Å². The van der Waals surface area contributed by atoms with Crippen molar-refractivity contribution in [2.75, 3.05) is 16.8 Å². The highest BCUT2D eigenvalue weighted by atomic mass is 35.5. The normalized spacial score (nSPS) is 14.4. The number of amides is 2. The minimum Gasteiger partial charge on any atom is -0.320 e. The zero-order valence-electron chi connectivity index (χ0n) is 14.4. The number of fused-ring (bicyclic) bond motifs is 1. The summed E-state index contributed by atoms with van der Waals surface area (Å²) in [6.45, 7) is 2.61. The quantitative estimate of drug-likeness (QED) is 0.738. The number of hydrogen-bond donors (Lipinski definition) is 1. The Morgan fingerprint density at radius 3 is 2.85 bits per heavy atom. The van der Waals surface area contributed by atoms with E-state index in [0.717, 1.165) is 28.0 Å². The van der Waals surface area contributed by atoms with Gasteiger partial charge in [-0.3, -0.25) is 14.3 Å². The van der Waals surface area contributed by atoms with Crippen LogP contribution in [0.4, 0.5) is 11.4 Å². The van der Waals surface area contributed by atoms with Gasteiger partial charge in [-0.2, -0.15) is 5.10 Å². The van der Waals surface area contributed by atoms with Crippen molar-refractivity contribution in [1.82, 2.24) is 9.78 Å². The van der Waals surface area contributed by atoms with E-state index in [1.165, 1.54) is 11.3 Å². The first-order valence-electron chi connectivity index (χ1n) is 8.28. The summed E-state index contributed by atoms with van der Waals surface area (Å²) in [6.07, 6.45) is 1.40. The van der Waals surface area contributed by atoms with Crippen molar-refractivity contribution in [2.45, 2.75) is 19.8 Å². The second-order valence-electron chi connectivity index (χ2n) is 6.31. The zero-order chi connectivity index (χ0) is 18.4. The SMILES string of the molecule is Cc1nn(C)c2sc(C(=O)Nc3cc(N4CCCC4=O)ccc3Cl)cc12. The van der Waals surface area contributed by atoms with E-state index in [0.29, 0.717) is 28.6 Å². The lowest BCUT2D eigenvalue weighted by Gasteiger charge is -2.17. The van der Waals surface area contributed by atoms with Crippen LogP contribution in [0.5, 0.6) is 0 Å². The van der Waals surface area contributed by atoms with Gasteiger partial charge < -0.3 is 10.2 Å². The fourth-order valence-corrected chi connectivity index (χ4v) is 4.38. The molecule has 1 fully saturated rings. The van der Waals surface area contributed by atoms with Crippen molar-refractivity contribution < 1.29 is 9.59 Å². The molecule has 1 aliphatic rings. The summed E-state index contributed by atoms with van der Waals surface area (Å²) < 4.78 is 1.78. The highest BCUT2D eigenvalue weighted by Gasteiger charge is 2.23. The minimum absolute atomic E-state index is 0.0945. The van der Waals surface area contributed by atoms with Gasteiger partial charge in [-0.05, 0) is 37.6 Å². The predicted molar refractivity (Wildman–Crippen MR) is 104 cm³/mol. The molecular formula is C18H17ClN4O2S. The molecule has 0 radical (unpaired) electrons. The maximum Gasteiger partial charge on any atom is 0.265 e. The average Bonchev–Trinajstić information content (AvgIpc) is 3.28. The fraction of sp³-hybridized carbons (Fsp3) is 0.278. The maximum absolute atomic E-state index is 12.7. The van der Waals surface area contributed by atoms with Gasteiger partial charge in [-0.1, -0.05) is 11.6 Å². The molecule has 3 aromatic rings. The zero-order valence-corrected chi connectivity index (χ0v) is 15.9. The number of anilines is 2. The molecule has 1 N–H and O–H groups in total. The molecule has 0 atom stereocenters. The number of aromatic nitrogens is 2. The third kappa shape index (κ3) is 2.87. The van der Waals surface area contributed by atoms with Crippen molar-refractivity contribution >= 4 is 56.3 Å². The van der Waals surface area contributed by atoms with Crippen molar-refractivity contribution in [2.24, 2.45) is 7.05 Å². The van der Waals surface area contributed by atoms with Gasteiger partial charge in [0.15, 0.2) is 0 Å². The molecule has 26 heavy (non-hydrogen) atoms. The predicted octanol–water partition coefficient (Wildman–Crippen LogP) is 3.98. The molecule has 4 rings (SSSR count). The highest BCUT2D eigenvalue weighted by molar-refractivity contribution is 7.20. The lowest BCUT2D eigenvalue weighted by Crippen LogP contribution is -2.23. The Kier molecular flexibility index (Phi) is 4.20. The van der Waals surface area contributed by atoms with Crippen molar-refractivity contribution in [3.05, 3.63) is 39.9 Å². The van der Waals surface area contributed by atoms with E-state index in [-0.39, 0.29) is 11.8 Å². The molecule has 0 bridgehead atoms. The fourth-order valence-electron chi connectivity index (χ4n) is 3.20. The molecule has 6 nitrogen and oxygen atoms in total. The van der Waals surface area contributed by atoms with Crippen LogP contribution in [0.25, 0.3) is 10.2 Å². The Bertz CT molecular complexity index is 1000. The molecule has 1 aromatic carbocycles. The summed E-state index contributed by atoms with van der Waals surface area (Å²) in [6, 6.07) is 7.11. The Balaban J connectivity index is 1.62. The summed E-state index contributed by atoms with van der Waals surface area (Å²) in [5, 5.41) is 8.63. The molecule has 3 heterocycles. The van der Waals surface area contributed by atoms with Crippen molar-refractivity contribution in [3.8, 4) is 0 Å². The first kappa shape index (κ1) is 17.1. The second kappa shape index (κ2) is 6.41. The number of hydrogen-bond acceptors (Lipinski definition) is 4. The van der Waals surface area contributed by atoms with E-state index in [9.17, 15) is 9.59 Å². The number of rotatable bonds is 3. The second-order valence-corrected chi connectivity index (χ2v) is 7.74. The number of carbonyl (C=O) groups is 2. The summed E-state index contributed by atoms with van der Waals surface area (Å²) in [7, 11) is 1.86.